The quantitative estimate of drug-likeness (QED) is 0.908. The molecular formula is C19H19N5O. The van der Waals surface area contributed by atoms with Crippen LogP contribution < -0.4 is 5.73 Å². The van der Waals surface area contributed by atoms with Gasteiger partial charge in [0.2, 0.25) is 0 Å². The summed E-state index contributed by atoms with van der Waals surface area (Å²) in [6, 6.07) is 8.14. The van der Waals surface area contributed by atoms with E-state index in [4.69, 9.17) is 10.2 Å². The van der Waals surface area contributed by atoms with Gasteiger partial charge in [0.05, 0.1) is 35.9 Å². The fraction of sp³-hybridized carbons (Fsp3) is 0.421. The Morgan fingerprint density at radius 3 is 2.68 bits per heavy atom. The molecule has 6 nitrogen and oxygen atoms in total. The van der Waals surface area contributed by atoms with E-state index >= 15 is 0 Å². The number of hydrogen-bond acceptors (Lipinski definition) is 6. The fourth-order valence-corrected chi connectivity index (χ4v) is 4.07. The van der Waals surface area contributed by atoms with E-state index in [1.165, 1.54) is 6.26 Å². The molecule has 0 fully saturated rings. The average molecular weight is 333 g/mol. The molecule has 1 aromatic heterocycles. The van der Waals surface area contributed by atoms with Gasteiger partial charge in [0, 0.05) is 24.9 Å². The maximum absolute atomic E-state index is 9.89. The van der Waals surface area contributed by atoms with E-state index in [1.807, 2.05) is 6.08 Å². The van der Waals surface area contributed by atoms with E-state index in [-0.39, 0.29) is 17.2 Å². The summed E-state index contributed by atoms with van der Waals surface area (Å²) in [5.41, 5.74) is 6.58. The Bertz CT molecular complexity index is 830. The van der Waals surface area contributed by atoms with E-state index in [9.17, 15) is 15.8 Å². The van der Waals surface area contributed by atoms with E-state index in [0.29, 0.717) is 6.54 Å². The lowest BCUT2D eigenvalue weighted by atomic mass is 9.58. The maximum Gasteiger partial charge on any atom is 0.191 e. The molecule has 2 heterocycles. The minimum absolute atomic E-state index is 0.0534. The Hall–Kier alpha value is -3.01. The molecule has 0 unspecified atom stereocenters. The van der Waals surface area contributed by atoms with E-state index in [2.05, 4.69) is 30.0 Å². The summed E-state index contributed by atoms with van der Waals surface area (Å²) in [4.78, 5) is 2.28. The van der Waals surface area contributed by atoms with Gasteiger partial charge < -0.3 is 10.2 Å². The molecule has 0 amide bonds. The van der Waals surface area contributed by atoms with Crippen LogP contribution in [0.4, 0.5) is 0 Å². The lowest BCUT2D eigenvalue weighted by molar-refractivity contribution is 0.207. The number of allylic oxidation sites excluding steroid dienone is 2. The topological polar surface area (TPSA) is 114 Å². The average Bonchev–Trinajstić information content (AvgIpc) is 3.15. The SMILES string of the molecule is CCCN1CC=C2C(C#N)=C(N)C(C#N)(C#N)[C@@H](c3ccoc3)[C@@H]2C1. The summed E-state index contributed by atoms with van der Waals surface area (Å²) >= 11 is 0. The first-order valence-electron chi connectivity index (χ1n) is 8.30. The van der Waals surface area contributed by atoms with Crippen LogP contribution in [0, 0.1) is 45.3 Å². The Morgan fingerprint density at radius 2 is 2.12 bits per heavy atom. The van der Waals surface area contributed by atoms with Crippen molar-refractivity contribution < 1.29 is 4.42 Å². The van der Waals surface area contributed by atoms with Crippen molar-refractivity contribution in [3.8, 4) is 18.2 Å². The van der Waals surface area contributed by atoms with Crippen LogP contribution in [-0.4, -0.2) is 24.5 Å². The minimum atomic E-state index is -1.58. The molecule has 0 radical (unpaired) electrons. The Kier molecular flexibility index (Phi) is 4.36. The Balaban J connectivity index is 2.24. The van der Waals surface area contributed by atoms with Crippen molar-refractivity contribution in [3.05, 3.63) is 47.1 Å². The Morgan fingerprint density at radius 1 is 1.36 bits per heavy atom. The molecular weight excluding hydrogens is 314 g/mol. The van der Waals surface area contributed by atoms with Crippen LogP contribution in [-0.2, 0) is 0 Å². The van der Waals surface area contributed by atoms with Crippen LogP contribution in [0.1, 0.15) is 24.8 Å². The van der Waals surface area contributed by atoms with Crippen LogP contribution >= 0.6 is 0 Å². The van der Waals surface area contributed by atoms with Crippen molar-refractivity contribution in [2.24, 2.45) is 17.1 Å². The molecule has 6 heteroatoms. The number of nitriles is 3. The van der Waals surface area contributed by atoms with Crippen molar-refractivity contribution in [1.82, 2.24) is 4.90 Å². The summed E-state index contributed by atoms with van der Waals surface area (Å²) in [7, 11) is 0. The zero-order valence-corrected chi connectivity index (χ0v) is 14.1. The molecule has 0 aromatic carbocycles. The van der Waals surface area contributed by atoms with Crippen molar-refractivity contribution in [1.29, 1.82) is 15.8 Å². The lowest BCUT2D eigenvalue weighted by Gasteiger charge is -2.45. The molecule has 3 rings (SSSR count). The second kappa shape index (κ2) is 6.48. The summed E-state index contributed by atoms with van der Waals surface area (Å²) < 4.78 is 5.22. The summed E-state index contributed by atoms with van der Waals surface area (Å²) in [6.07, 6.45) is 6.12. The van der Waals surface area contributed by atoms with Crippen molar-refractivity contribution >= 4 is 0 Å². The van der Waals surface area contributed by atoms with Crippen LogP contribution in [0.25, 0.3) is 0 Å². The van der Waals surface area contributed by atoms with Crippen LogP contribution in [0.3, 0.4) is 0 Å². The molecule has 0 saturated carbocycles. The molecule has 126 valence electrons. The van der Waals surface area contributed by atoms with Crippen LogP contribution in [0.2, 0.25) is 0 Å². The molecule has 1 aliphatic carbocycles. The van der Waals surface area contributed by atoms with Gasteiger partial charge in [-0.3, -0.25) is 4.90 Å². The number of hydrogen-bond donors (Lipinski definition) is 1. The van der Waals surface area contributed by atoms with E-state index < -0.39 is 11.3 Å². The maximum atomic E-state index is 9.89. The molecule has 0 saturated heterocycles. The number of furan rings is 1. The van der Waals surface area contributed by atoms with Gasteiger partial charge >= 0.3 is 0 Å². The van der Waals surface area contributed by atoms with Gasteiger partial charge in [0.1, 0.15) is 6.07 Å². The first kappa shape index (κ1) is 16.8. The second-order valence-electron chi connectivity index (χ2n) is 6.49. The lowest BCUT2D eigenvalue weighted by Crippen LogP contribution is -2.48. The smallest absolute Gasteiger partial charge is 0.191 e. The van der Waals surface area contributed by atoms with Gasteiger partial charge in [-0.2, -0.15) is 15.8 Å². The highest BCUT2D eigenvalue weighted by molar-refractivity contribution is 5.59. The predicted molar refractivity (Wildman–Crippen MR) is 90.2 cm³/mol. The summed E-state index contributed by atoms with van der Waals surface area (Å²) in [5.74, 6) is -0.622. The van der Waals surface area contributed by atoms with Gasteiger partial charge in [-0.25, -0.2) is 0 Å². The van der Waals surface area contributed by atoms with E-state index in [0.717, 1.165) is 30.6 Å². The zero-order chi connectivity index (χ0) is 18.0. The fourth-order valence-electron chi connectivity index (χ4n) is 4.07. The molecule has 0 bridgehead atoms. The van der Waals surface area contributed by atoms with Gasteiger partial charge in [-0.1, -0.05) is 13.0 Å². The van der Waals surface area contributed by atoms with Gasteiger partial charge in [0.25, 0.3) is 0 Å². The standard InChI is InChI=1S/C19H19N5O/c1-2-5-24-6-3-14-15(8-20)18(23)19(11-21,12-22)17(16(14)9-24)13-4-7-25-10-13/h3-4,7,10,16-17H,2,5-6,9,23H2,1H3/t16-,17+/m1/s1. The van der Waals surface area contributed by atoms with Crippen molar-refractivity contribution in [3.63, 3.8) is 0 Å². The predicted octanol–water partition coefficient (Wildman–Crippen LogP) is 2.41. The van der Waals surface area contributed by atoms with Crippen molar-refractivity contribution in [2.45, 2.75) is 19.3 Å². The van der Waals surface area contributed by atoms with Crippen LogP contribution in [0.5, 0.6) is 0 Å². The summed E-state index contributed by atoms with van der Waals surface area (Å²) in [5, 5.41) is 29.4. The largest absolute Gasteiger partial charge is 0.472 e. The summed E-state index contributed by atoms with van der Waals surface area (Å²) in [6.45, 7) is 4.45. The number of nitrogens with two attached hydrogens (primary N) is 1. The first-order valence-corrected chi connectivity index (χ1v) is 8.30. The second-order valence-corrected chi connectivity index (χ2v) is 6.49. The van der Waals surface area contributed by atoms with Gasteiger partial charge in [-0.05, 0) is 30.2 Å². The Labute approximate surface area is 147 Å². The normalized spacial score (nSPS) is 25.3. The minimum Gasteiger partial charge on any atom is -0.472 e. The molecule has 1 aromatic rings. The monoisotopic (exact) mass is 333 g/mol. The first-order chi connectivity index (χ1) is 12.1. The van der Waals surface area contributed by atoms with Crippen LogP contribution in [0.15, 0.2) is 45.9 Å². The highest BCUT2D eigenvalue weighted by Gasteiger charge is 2.54. The third kappa shape index (κ3) is 2.41. The van der Waals surface area contributed by atoms with Crippen molar-refractivity contribution in [2.75, 3.05) is 19.6 Å². The molecule has 2 N–H and O–H groups in total. The number of nitrogens with zero attached hydrogens (tertiary/aromatic N) is 4. The van der Waals surface area contributed by atoms with E-state index in [1.54, 1.807) is 12.3 Å². The third-order valence-corrected chi connectivity index (χ3v) is 5.18. The number of fused-ring (bicyclic) bond motifs is 1. The molecule has 2 atom stereocenters. The van der Waals surface area contributed by atoms with Gasteiger partial charge in [0.15, 0.2) is 5.41 Å². The number of rotatable bonds is 3. The highest BCUT2D eigenvalue weighted by atomic mass is 16.3. The molecule has 1 aliphatic heterocycles. The zero-order valence-electron chi connectivity index (χ0n) is 14.1. The highest BCUT2D eigenvalue weighted by Crippen LogP contribution is 2.54. The molecule has 0 spiro atoms. The van der Waals surface area contributed by atoms with Gasteiger partial charge in [-0.15, -0.1) is 0 Å². The molecule has 25 heavy (non-hydrogen) atoms. The molecule has 2 aliphatic rings. The third-order valence-electron chi connectivity index (χ3n) is 5.18.